The molecule has 4 amide bonds. The number of ether oxygens (including phenoxy) is 3. The van der Waals surface area contributed by atoms with Crippen molar-refractivity contribution in [2.45, 2.75) is 58.7 Å². The van der Waals surface area contributed by atoms with Crippen molar-refractivity contribution in [3.63, 3.8) is 0 Å². The predicted molar refractivity (Wildman–Crippen MR) is 306 cm³/mol. The Hall–Kier alpha value is -7.31. The summed E-state index contributed by atoms with van der Waals surface area (Å²) < 4.78 is 73.0. The van der Waals surface area contributed by atoms with E-state index in [1.807, 2.05) is 30.7 Å². The topological polar surface area (TPSA) is 385 Å². The number of benzene rings is 1. The number of carbonyl (C=O) groups excluding carboxylic acids is 3. The number of urea groups is 1. The molecule has 0 fully saturated rings. The number of nitrogens with one attached hydrogen (secondary N) is 5. The van der Waals surface area contributed by atoms with Crippen molar-refractivity contribution in [2.75, 3.05) is 100 Å². The van der Waals surface area contributed by atoms with Crippen LogP contribution in [0.2, 0.25) is 5.28 Å². The molecule has 6 heterocycles. The average molecular weight is 1240 g/mol. The molecule has 5 aromatic rings. The number of carboxylic acids is 1. The van der Waals surface area contributed by atoms with Gasteiger partial charge in [0.05, 0.1) is 69.7 Å². The molecule has 7 rings (SSSR count). The predicted octanol–water partition coefficient (Wildman–Crippen LogP) is 2.79. The lowest BCUT2D eigenvalue weighted by atomic mass is 9.92. The number of amides is 4. The van der Waals surface area contributed by atoms with Gasteiger partial charge in [0, 0.05) is 63.4 Å². The van der Waals surface area contributed by atoms with Gasteiger partial charge in [-0.15, -0.1) is 6.42 Å². The van der Waals surface area contributed by atoms with Crippen LogP contribution in [-0.2, 0) is 48.0 Å². The molecule has 0 bridgehead atoms. The number of hydrogen-bond donors (Lipinski definition) is 7. The molecule has 0 saturated heterocycles. The third-order valence-electron chi connectivity index (χ3n) is 9.60. The SMILES string of the molecule is C#CCN1C(=O)COc2cc(F)c(N=c3snc4n3CC(C)(C)C4)cc21.CCNc1nc(Cl)nc(NC(C)C)n1.COc1cc(OC)nc(NC(=O)NS(=O)(=O)c2ncccc2C(=O)N(C)C)n1.C[S+](C)C.O=C(O)CNCP(=O)([O-])O. The van der Waals surface area contributed by atoms with E-state index in [4.69, 9.17) is 42.2 Å². The molecule has 1 unspecified atom stereocenters. The molecule has 0 radical (unpaired) electrons. The van der Waals surface area contributed by atoms with Crippen LogP contribution in [0.5, 0.6) is 17.5 Å². The van der Waals surface area contributed by atoms with Crippen LogP contribution < -0.4 is 54.8 Å². The van der Waals surface area contributed by atoms with Crippen molar-refractivity contribution in [1.82, 2.24) is 53.8 Å². The molecule has 0 spiro atoms. The number of carbonyl (C=O) groups is 4. The Kier molecular flexibility index (Phi) is 26.7. The van der Waals surface area contributed by atoms with Gasteiger partial charge in [-0.3, -0.25) is 29.9 Å². The van der Waals surface area contributed by atoms with Crippen molar-refractivity contribution in [3.05, 3.63) is 63.8 Å². The van der Waals surface area contributed by atoms with Crippen LogP contribution >= 0.6 is 30.7 Å². The van der Waals surface area contributed by atoms with Crippen LogP contribution in [0.25, 0.3) is 0 Å². The second-order valence-corrected chi connectivity index (χ2v) is 25.2. The maximum Gasteiger partial charge on any atom is 0.335 e. The molecule has 35 heteroatoms. The second-order valence-electron chi connectivity index (χ2n) is 18.5. The number of fused-ring (bicyclic) bond motifs is 2. The van der Waals surface area contributed by atoms with Crippen molar-refractivity contribution in [3.8, 4) is 29.9 Å². The first-order valence-electron chi connectivity index (χ1n) is 24.0. The standard InChI is InChI=1S/C18H17FN4O2S.C15H18N6O6S.C8H14ClN5.C3H8NO5P.C3H9S/c1-4-5-22-13-7-12(11(19)6-14(13)25-9-16(22)24)20-17-23-10-18(2,3)8-15(23)21-26-17;1-21(2)13(22)9-6-5-7-16-12(9)28(24,25)20-15(23)19-14-17-10(26-3)8-11(18-14)27-4;1-4-10-7-12-6(9)13-8(14-7)11-5(2)3;5-3(6)1-4-2-10(7,8)9;1-4(2)3/h1,6-7H,5,8-10H2,2-3H3;5-8H,1-4H3,(H2,17,18,19,20,23);5H,4H2,1-3H3,(H2,10,11,12,13,14);4H,1-2H2,(H,5,6)(H2,7,8,9);1-3H3/q;;;;+1/p-1. The van der Waals surface area contributed by atoms with E-state index in [0.29, 0.717) is 39.0 Å². The van der Waals surface area contributed by atoms with Crippen LogP contribution in [0.3, 0.4) is 0 Å². The summed E-state index contributed by atoms with van der Waals surface area (Å²) in [6, 6.07) is 5.93. The molecule has 448 valence electrons. The highest BCUT2D eigenvalue weighted by Crippen LogP contribution is 2.38. The van der Waals surface area contributed by atoms with E-state index in [9.17, 15) is 41.4 Å². The second kappa shape index (κ2) is 31.8. The van der Waals surface area contributed by atoms with Crippen LogP contribution in [-0.4, -0.2) is 172 Å². The molecular weight excluding hydrogens is 1180 g/mol. The molecule has 0 aliphatic carbocycles. The number of methoxy groups -OCH3 is 2. The van der Waals surface area contributed by atoms with Crippen molar-refractivity contribution < 1.29 is 65.7 Å². The van der Waals surface area contributed by atoms with E-state index in [-0.39, 0.29) is 64.8 Å². The molecule has 29 nitrogen and oxygen atoms in total. The highest BCUT2D eigenvalue weighted by atomic mass is 35.5. The normalized spacial score (nSPS) is 13.6. The Morgan fingerprint density at radius 3 is 2.28 bits per heavy atom. The van der Waals surface area contributed by atoms with Gasteiger partial charge in [0.1, 0.15) is 24.9 Å². The van der Waals surface area contributed by atoms with E-state index in [1.165, 1.54) is 86.2 Å². The minimum atomic E-state index is -4.46. The number of aromatic nitrogens is 8. The maximum absolute atomic E-state index is 14.5. The first-order valence-corrected chi connectivity index (χ1v) is 30.8. The summed E-state index contributed by atoms with van der Waals surface area (Å²) in [5, 5.41) is 17.8. The number of rotatable bonds is 16. The summed E-state index contributed by atoms with van der Waals surface area (Å²) in [5.41, 5.74) is 0.490. The Labute approximate surface area is 485 Å². The van der Waals surface area contributed by atoms with Gasteiger partial charge < -0.3 is 53.8 Å². The van der Waals surface area contributed by atoms with Crippen LogP contribution in [0.4, 0.5) is 38.4 Å². The largest absolute Gasteiger partial charge is 0.778 e. The lowest BCUT2D eigenvalue weighted by Gasteiger charge is -2.28. The first-order chi connectivity index (χ1) is 38.3. The highest BCUT2D eigenvalue weighted by Gasteiger charge is 2.32. The fourth-order valence-electron chi connectivity index (χ4n) is 6.44. The number of sulfonamides is 1. The van der Waals surface area contributed by atoms with Crippen LogP contribution in [0, 0.1) is 23.6 Å². The van der Waals surface area contributed by atoms with E-state index >= 15 is 0 Å². The van der Waals surface area contributed by atoms with E-state index in [0.717, 1.165) is 25.3 Å². The van der Waals surface area contributed by atoms with Crippen molar-refractivity contribution in [1.29, 1.82) is 0 Å². The number of anilines is 4. The number of aliphatic carboxylic acids is 1. The number of pyridine rings is 1. The molecule has 82 heavy (non-hydrogen) atoms. The van der Waals surface area contributed by atoms with Gasteiger partial charge in [-0.05, 0) is 66.9 Å². The number of carboxylic acid groups (broad SMARTS) is 1. The smallest absolute Gasteiger partial charge is 0.335 e. The Morgan fingerprint density at radius 2 is 1.72 bits per heavy atom. The zero-order valence-corrected chi connectivity index (χ0v) is 50.9. The van der Waals surface area contributed by atoms with E-state index < -0.39 is 59.2 Å². The zero-order valence-electron chi connectivity index (χ0n) is 46.8. The number of nitrogens with zero attached hydrogens (tertiary/aromatic N) is 11. The molecule has 7 N–H and O–H groups in total. The van der Waals surface area contributed by atoms with Gasteiger partial charge in [0.25, 0.3) is 21.8 Å². The monoisotopic (exact) mass is 1240 g/mol. The number of terminal acetylenes is 1. The molecular formula is C47H65ClFN16O13PS3. The highest BCUT2D eigenvalue weighted by molar-refractivity contribution is 7.94. The first kappa shape index (κ1) is 69.0. The lowest BCUT2D eigenvalue weighted by Crippen LogP contribution is -2.39. The van der Waals surface area contributed by atoms with Crippen LogP contribution in [0.15, 0.2) is 46.5 Å². The van der Waals surface area contributed by atoms with Gasteiger partial charge in [-0.1, -0.05) is 19.8 Å². The summed E-state index contributed by atoms with van der Waals surface area (Å²) in [7, 11) is -2.56. The Balaban J connectivity index is 0.000000299. The molecule has 4 aromatic heterocycles. The molecule has 2 aliphatic rings. The molecule has 0 saturated carbocycles. The Morgan fingerprint density at radius 1 is 1.09 bits per heavy atom. The van der Waals surface area contributed by atoms with Gasteiger partial charge in [0.2, 0.25) is 39.7 Å². The summed E-state index contributed by atoms with van der Waals surface area (Å²) in [4.78, 5) is 95.3. The summed E-state index contributed by atoms with van der Waals surface area (Å²) in [5.74, 6) is 2.08. The third kappa shape index (κ3) is 22.9. The lowest BCUT2D eigenvalue weighted by molar-refractivity contribution is -0.193. The molecule has 1 aromatic carbocycles. The van der Waals surface area contributed by atoms with Crippen LogP contribution in [0.1, 0.15) is 50.8 Å². The summed E-state index contributed by atoms with van der Waals surface area (Å²) in [6.45, 7) is 11.3. The van der Waals surface area contributed by atoms with Gasteiger partial charge >= 0.3 is 12.0 Å². The fraction of sp³-hybridized carbons (Fsp3) is 0.447. The Bertz CT molecular complexity index is 3280. The molecule has 2 aliphatic heterocycles. The van der Waals surface area contributed by atoms with Gasteiger partial charge in [-0.2, -0.15) is 37.7 Å². The molecule has 1 atom stereocenters. The van der Waals surface area contributed by atoms with Gasteiger partial charge in [-0.25, -0.2) is 23.9 Å². The summed E-state index contributed by atoms with van der Waals surface area (Å²) >= 11 is 6.97. The zero-order chi connectivity index (χ0) is 61.7. The van der Waals surface area contributed by atoms with Crippen molar-refractivity contribution >= 4 is 105 Å². The van der Waals surface area contributed by atoms with E-state index in [2.05, 4.69) is 93.8 Å². The third-order valence-corrected chi connectivity index (χ3v) is 12.5. The number of halogens is 2. The van der Waals surface area contributed by atoms with Gasteiger partial charge in [0.15, 0.2) is 17.5 Å². The minimum absolute atomic E-state index is 0.0913. The average Bonchev–Trinajstić information content (AvgIpc) is 4.08. The van der Waals surface area contributed by atoms with Crippen molar-refractivity contribution in [2.24, 2.45) is 10.4 Å². The number of hydrogen-bond acceptors (Lipinski definition) is 23. The maximum atomic E-state index is 14.5. The van der Waals surface area contributed by atoms with E-state index in [1.54, 1.807) is 4.72 Å². The summed E-state index contributed by atoms with van der Waals surface area (Å²) in [6.07, 6.45) is 13.3. The fourth-order valence-corrected chi connectivity index (χ4v) is 8.78. The quantitative estimate of drug-likeness (QED) is 0.0424. The minimum Gasteiger partial charge on any atom is -0.778 e.